The lowest BCUT2D eigenvalue weighted by molar-refractivity contribution is 0.0512. The highest BCUT2D eigenvalue weighted by atomic mass is 16.5. The predicted molar refractivity (Wildman–Crippen MR) is 99.1 cm³/mol. The van der Waals surface area contributed by atoms with Crippen LogP contribution in [0.5, 0.6) is 0 Å². The zero-order valence-corrected chi connectivity index (χ0v) is 15.1. The Balaban J connectivity index is 1.60. The van der Waals surface area contributed by atoms with Crippen LogP contribution in [0.25, 0.3) is 5.57 Å². The first-order valence-electron chi connectivity index (χ1n) is 9.78. The maximum Gasteiger partial charge on any atom is 0.105 e. The van der Waals surface area contributed by atoms with Gasteiger partial charge < -0.3 is 14.4 Å². The van der Waals surface area contributed by atoms with E-state index in [4.69, 9.17) is 9.47 Å². The topological polar surface area (TPSA) is 21.7 Å². The molecule has 2 atom stereocenters. The fraction of sp³-hybridized carbons (Fsp3) is 0.545. The van der Waals surface area contributed by atoms with Crippen LogP contribution in [0.4, 0.5) is 0 Å². The fourth-order valence-corrected chi connectivity index (χ4v) is 5.46. The Kier molecular flexibility index (Phi) is 3.94. The maximum atomic E-state index is 6.02. The van der Waals surface area contributed by atoms with Gasteiger partial charge in [-0.3, -0.25) is 0 Å². The summed E-state index contributed by atoms with van der Waals surface area (Å²) in [5.41, 5.74) is 9.26. The Bertz CT molecular complexity index is 742. The van der Waals surface area contributed by atoms with E-state index in [1.54, 1.807) is 22.4 Å². The van der Waals surface area contributed by atoms with E-state index in [-0.39, 0.29) is 6.10 Å². The normalized spacial score (nSPS) is 28.8. The number of hydrogen-bond donors (Lipinski definition) is 0. The number of hydrogen-bond acceptors (Lipinski definition) is 3. The van der Waals surface area contributed by atoms with Gasteiger partial charge in [-0.15, -0.1) is 0 Å². The largest absolute Gasteiger partial charge is 0.378 e. The van der Waals surface area contributed by atoms with Gasteiger partial charge in [0.1, 0.15) is 6.10 Å². The molecule has 0 aromatic heterocycles. The van der Waals surface area contributed by atoms with Crippen molar-refractivity contribution in [3.8, 4) is 0 Å². The zero-order valence-electron chi connectivity index (χ0n) is 15.1. The minimum Gasteiger partial charge on any atom is -0.378 e. The van der Waals surface area contributed by atoms with Gasteiger partial charge in [-0.2, -0.15) is 0 Å². The summed E-state index contributed by atoms with van der Waals surface area (Å²) >= 11 is 0. The van der Waals surface area contributed by atoms with Crippen LogP contribution in [0.3, 0.4) is 0 Å². The molecule has 1 aliphatic heterocycles. The molecule has 1 saturated carbocycles. The molecule has 0 N–H and O–H groups in total. The zero-order chi connectivity index (χ0) is 16.8. The number of allylic oxidation sites excluding steroid dienone is 2. The third kappa shape index (κ3) is 2.40. The Hall–Kier alpha value is -1.58. The highest BCUT2D eigenvalue weighted by molar-refractivity contribution is 5.81. The van der Waals surface area contributed by atoms with Crippen LogP contribution in [0, 0.1) is 5.92 Å². The molecule has 0 unspecified atom stereocenters. The summed E-state index contributed by atoms with van der Waals surface area (Å²) in [5.74, 6) is 0.590. The summed E-state index contributed by atoms with van der Waals surface area (Å²) in [6, 6.07) is 8.89. The van der Waals surface area contributed by atoms with Crippen LogP contribution in [-0.4, -0.2) is 38.3 Å². The van der Waals surface area contributed by atoms with Gasteiger partial charge in [0.15, 0.2) is 0 Å². The van der Waals surface area contributed by atoms with Crippen LogP contribution >= 0.6 is 0 Å². The van der Waals surface area contributed by atoms with Crippen molar-refractivity contribution in [3.05, 3.63) is 52.2 Å². The van der Waals surface area contributed by atoms with E-state index < -0.39 is 0 Å². The second kappa shape index (κ2) is 6.30. The average molecular weight is 337 g/mol. The molecule has 3 heteroatoms. The molecule has 1 aromatic carbocycles. The van der Waals surface area contributed by atoms with Crippen molar-refractivity contribution in [2.75, 3.05) is 33.4 Å². The third-order valence-corrected chi connectivity index (χ3v) is 6.53. The number of ether oxygens (including phenoxy) is 2. The fourth-order valence-electron chi connectivity index (χ4n) is 5.46. The van der Waals surface area contributed by atoms with Gasteiger partial charge in [0, 0.05) is 38.2 Å². The van der Waals surface area contributed by atoms with E-state index in [9.17, 15) is 0 Å². The Morgan fingerprint density at radius 3 is 2.80 bits per heavy atom. The van der Waals surface area contributed by atoms with Gasteiger partial charge in [0.25, 0.3) is 0 Å². The molecule has 1 saturated heterocycles. The van der Waals surface area contributed by atoms with Gasteiger partial charge in [-0.25, -0.2) is 0 Å². The van der Waals surface area contributed by atoms with Gasteiger partial charge in [-0.05, 0) is 47.1 Å². The smallest absolute Gasteiger partial charge is 0.105 e. The monoisotopic (exact) mass is 337 g/mol. The summed E-state index contributed by atoms with van der Waals surface area (Å²) in [5, 5.41) is 0. The van der Waals surface area contributed by atoms with E-state index in [1.807, 2.05) is 7.11 Å². The molecule has 4 aliphatic rings. The standard InChI is InChI=1S/C22H27NO2/c1-24-22-18-9-5-2-6-15(18)19-14-20(23-10-12-25-13-11-23)16-7-3-4-8-17(16)21(19)22/h2,5-6,9,17,22H,3-4,7-8,10-14H2,1H3/t17-,22+/m0/s1. The number of fused-ring (bicyclic) bond motifs is 4. The summed E-state index contributed by atoms with van der Waals surface area (Å²) in [6.07, 6.45) is 6.48. The first kappa shape index (κ1) is 15.7. The molecule has 0 spiro atoms. The number of methoxy groups -OCH3 is 1. The third-order valence-electron chi connectivity index (χ3n) is 6.53. The number of morpholine rings is 1. The molecule has 5 rings (SSSR count). The second-order valence-corrected chi connectivity index (χ2v) is 7.68. The summed E-state index contributed by atoms with van der Waals surface area (Å²) in [7, 11) is 1.88. The SMILES string of the molecule is CO[C@H]1C2=C(CC(N3CCOCC3)=C3CCCC[C@@H]32)c2ccccc21. The first-order valence-corrected chi connectivity index (χ1v) is 9.78. The molecule has 0 amide bonds. The molecule has 2 fully saturated rings. The van der Waals surface area contributed by atoms with Crippen molar-refractivity contribution in [3.63, 3.8) is 0 Å². The quantitative estimate of drug-likeness (QED) is 0.802. The van der Waals surface area contributed by atoms with E-state index in [1.165, 1.54) is 36.8 Å². The molecule has 0 bridgehead atoms. The predicted octanol–water partition coefficient (Wildman–Crippen LogP) is 4.32. The van der Waals surface area contributed by atoms with Crippen LogP contribution in [0.1, 0.15) is 49.3 Å². The number of benzene rings is 1. The summed E-state index contributed by atoms with van der Waals surface area (Å²) < 4.78 is 11.6. The lowest BCUT2D eigenvalue weighted by Gasteiger charge is -2.41. The van der Waals surface area contributed by atoms with Crippen molar-refractivity contribution < 1.29 is 9.47 Å². The Morgan fingerprint density at radius 2 is 1.96 bits per heavy atom. The van der Waals surface area contributed by atoms with Crippen molar-refractivity contribution in [2.45, 2.75) is 38.2 Å². The van der Waals surface area contributed by atoms with Gasteiger partial charge >= 0.3 is 0 Å². The van der Waals surface area contributed by atoms with Gasteiger partial charge in [-0.1, -0.05) is 30.7 Å². The lowest BCUT2D eigenvalue weighted by Crippen LogP contribution is -2.38. The van der Waals surface area contributed by atoms with E-state index in [2.05, 4.69) is 29.2 Å². The molecular formula is C22H27NO2. The van der Waals surface area contributed by atoms with E-state index in [0.717, 1.165) is 32.7 Å². The van der Waals surface area contributed by atoms with E-state index in [0.29, 0.717) is 5.92 Å². The molecule has 0 radical (unpaired) electrons. The minimum absolute atomic E-state index is 0.163. The van der Waals surface area contributed by atoms with Crippen molar-refractivity contribution in [2.24, 2.45) is 5.92 Å². The molecule has 1 heterocycles. The number of nitrogens with zero attached hydrogens (tertiary/aromatic N) is 1. The highest BCUT2D eigenvalue weighted by Crippen LogP contribution is 2.56. The molecular weight excluding hydrogens is 310 g/mol. The van der Waals surface area contributed by atoms with Crippen molar-refractivity contribution in [1.82, 2.24) is 4.90 Å². The molecule has 1 aromatic rings. The second-order valence-electron chi connectivity index (χ2n) is 7.68. The minimum atomic E-state index is 0.163. The Morgan fingerprint density at radius 1 is 1.12 bits per heavy atom. The lowest BCUT2D eigenvalue weighted by atomic mass is 9.72. The molecule has 3 aliphatic carbocycles. The van der Waals surface area contributed by atoms with Crippen molar-refractivity contribution >= 4 is 5.57 Å². The van der Waals surface area contributed by atoms with Gasteiger partial charge in [0.2, 0.25) is 0 Å². The average Bonchev–Trinajstić information content (AvgIpc) is 3.02. The number of rotatable bonds is 2. The van der Waals surface area contributed by atoms with Crippen LogP contribution < -0.4 is 0 Å². The Labute approximate surface area is 150 Å². The van der Waals surface area contributed by atoms with Crippen LogP contribution in [-0.2, 0) is 9.47 Å². The van der Waals surface area contributed by atoms with Crippen molar-refractivity contribution in [1.29, 1.82) is 0 Å². The molecule has 3 nitrogen and oxygen atoms in total. The molecule has 132 valence electrons. The van der Waals surface area contributed by atoms with Crippen LogP contribution in [0.2, 0.25) is 0 Å². The highest BCUT2D eigenvalue weighted by Gasteiger charge is 2.42. The van der Waals surface area contributed by atoms with Gasteiger partial charge in [0.05, 0.1) is 13.2 Å². The summed E-state index contributed by atoms with van der Waals surface area (Å²) in [6.45, 7) is 3.82. The molecule has 25 heavy (non-hydrogen) atoms. The summed E-state index contributed by atoms with van der Waals surface area (Å²) in [4.78, 5) is 2.61. The van der Waals surface area contributed by atoms with E-state index >= 15 is 0 Å². The maximum absolute atomic E-state index is 6.02. The first-order chi connectivity index (χ1) is 12.4. The van der Waals surface area contributed by atoms with Crippen LogP contribution in [0.15, 0.2) is 41.1 Å².